The Morgan fingerprint density at radius 2 is 2.00 bits per heavy atom. The lowest BCUT2D eigenvalue weighted by molar-refractivity contribution is -0.122. The van der Waals surface area contributed by atoms with Gasteiger partial charge in [-0.05, 0) is 29.1 Å². The first-order valence-electron chi connectivity index (χ1n) is 7.35. The Hall–Kier alpha value is -1.40. The molecule has 23 heavy (non-hydrogen) atoms. The van der Waals surface area contributed by atoms with Crippen LogP contribution in [0.25, 0.3) is 0 Å². The summed E-state index contributed by atoms with van der Waals surface area (Å²) < 4.78 is 10.2. The van der Waals surface area contributed by atoms with Gasteiger partial charge in [-0.3, -0.25) is 4.79 Å². The number of thiophene rings is 1. The van der Waals surface area contributed by atoms with Crippen LogP contribution in [-0.4, -0.2) is 32.8 Å². The van der Waals surface area contributed by atoms with Crippen LogP contribution >= 0.6 is 22.9 Å². The van der Waals surface area contributed by atoms with E-state index in [1.165, 1.54) is 0 Å². The van der Waals surface area contributed by atoms with E-state index in [-0.39, 0.29) is 11.9 Å². The van der Waals surface area contributed by atoms with Gasteiger partial charge < -0.3 is 14.8 Å². The van der Waals surface area contributed by atoms with Crippen molar-refractivity contribution in [3.63, 3.8) is 0 Å². The highest BCUT2D eigenvalue weighted by Crippen LogP contribution is 2.27. The Labute approximate surface area is 145 Å². The summed E-state index contributed by atoms with van der Waals surface area (Å²) >= 11 is 7.56. The highest BCUT2D eigenvalue weighted by molar-refractivity contribution is 7.10. The number of ether oxygens (including phenoxy) is 2. The zero-order valence-electron chi connectivity index (χ0n) is 13.0. The third kappa shape index (κ3) is 5.95. The predicted octanol–water partition coefficient (Wildman–Crippen LogP) is 3.66. The Balaban J connectivity index is 1.96. The van der Waals surface area contributed by atoms with Crippen molar-refractivity contribution in [1.29, 1.82) is 0 Å². The summed E-state index contributed by atoms with van der Waals surface area (Å²) in [4.78, 5) is 13.3. The van der Waals surface area contributed by atoms with Gasteiger partial charge >= 0.3 is 0 Å². The normalized spacial score (nSPS) is 12.1. The number of nitrogens with one attached hydrogen (secondary N) is 1. The number of benzene rings is 1. The summed E-state index contributed by atoms with van der Waals surface area (Å²) in [5.41, 5.74) is 1.01. The first-order chi connectivity index (χ1) is 11.2. The van der Waals surface area contributed by atoms with Crippen LogP contribution in [0.1, 0.15) is 22.9 Å². The van der Waals surface area contributed by atoms with Gasteiger partial charge in [-0.2, -0.15) is 0 Å². The summed E-state index contributed by atoms with van der Waals surface area (Å²) in [6, 6.07) is 11.3. The smallest absolute Gasteiger partial charge is 0.223 e. The molecule has 0 fully saturated rings. The van der Waals surface area contributed by atoms with Crippen LogP contribution in [0, 0.1) is 0 Å². The molecule has 1 unspecified atom stereocenters. The second-order valence-corrected chi connectivity index (χ2v) is 6.34. The minimum absolute atomic E-state index is 0.0456. The number of hydrogen-bond acceptors (Lipinski definition) is 4. The lowest BCUT2D eigenvalue weighted by Crippen LogP contribution is -2.29. The molecule has 1 atom stereocenters. The van der Waals surface area contributed by atoms with Gasteiger partial charge in [0.2, 0.25) is 5.91 Å². The third-order valence-corrected chi connectivity index (χ3v) is 4.43. The van der Waals surface area contributed by atoms with Crippen LogP contribution in [0.2, 0.25) is 5.02 Å². The topological polar surface area (TPSA) is 47.6 Å². The number of hydrogen-bond donors (Lipinski definition) is 1. The number of methoxy groups -OCH3 is 1. The van der Waals surface area contributed by atoms with Crippen LogP contribution in [0.5, 0.6) is 0 Å². The molecule has 0 spiro atoms. The number of carbonyl (C=O) groups excluding carboxylic acids is 1. The van der Waals surface area contributed by atoms with E-state index in [1.807, 2.05) is 41.8 Å². The van der Waals surface area contributed by atoms with Gasteiger partial charge in [0.15, 0.2) is 0 Å². The lowest BCUT2D eigenvalue weighted by Gasteiger charge is -2.18. The van der Waals surface area contributed by atoms with E-state index in [1.54, 1.807) is 18.4 Å². The average molecular weight is 354 g/mol. The molecule has 2 rings (SSSR count). The summed E-state index contributed by atoms with van der Waals surface area (Å²) in [6.45, 7) is 1.41. The maximum absolute atomic E-state index is 12.2. The fourth-order valence-electron chi connectivity index (χ4n) is 2.07. The molecular formula is C17H20ClNO3S. The maximum Gasteiger partial charge on any atom is 0.223 e. The van der Waals surface area contributed by atoms with E-state index in [0.29, 0.717) is 31.3 Å². The lowest BCUT2D eigenvalue weighted by atomic mass is 10.1. The highest BCUT2D eigenvalue weighted by Gasteiger charge is 2.17. The summed E-state index contributed by atoms with van der Waals surface area (Å²) in [5, 5.41) is 5.74. The van der Waals surface area contributed by atoms with Crippen LogP contribution in [0.3, 0.4) is 0 Å². The molecule has 124 valence electrons. The van der Waals surface area contributed by atoms with Crippen molar-refractivity contribution in [3.8, 4) is 0 Å². The van der Waals surface area contributed by atoms with Crippen molar-refractivity contribution in [2.24, 2.45) is 0 Å². The zero-order chi connectivity index (χ0) is 16.5. The third-order valence-electron chi connectivity index (χ3n) is 3.24. The zero-order valence-corrected chi connectivity index (χ0v) is 14.5. The van der Waals surface area contributed by atoms with E-state index in [2.05, 4.69) is 5.32 Å². The Kier molecular flexibility index (Phi) is 7.55. The van der Waals surface area contributed by atoms with Gasteiger partial charge in [0.25, 0.3) is 0 Å². The van der Waals surface area contributed by atoms with Gasteiger partial charge in [-0.1, -0.05) is 29.8 Å². The molecule has 0 saturated heterocycles. The molecule has 0 aliphatic heterocycles. The quantitative estimate of drug-likeness (QED) is 0.700. The van der Waals surface area contributed by atoms with Gasteiger partial charge in [-0.15, -0.1) is 11.3 Å². The standard InChI is InChI=1S/C17H20ClNO3S/c1-21-10-11-22-9-8-16(20)19-17(15-3-2-12-23-15)13-4-6-14(18)7-5-13/h2-7,12,17H,8-11H2,1H3,(H,19,20). The minimum Gasteiger partial charge on any atom is -0.382 e. The van der Waals surface area contributed by atoms with E-state index in [0.717, 1.165) is 10.4 Å². The molecule has 1 amide bonds. The van der Waals surface area contributed by atoms with Crippen LogP contribution in [0.15, 0.2) is 41.8 Å². The van der Waals surface area contributed by atoms with E-state index >= 15 is 0 Å². The molecule has 4 nitrogen and oxygen atoms in total. The maximum atomic E-state index is 12.2. The van der Waals surface area contributed by atoms with E-state index in [4.69, 9.17) is 21.1 Å². The second kappa shape index (κ2) is 9.67. The number of halogens is 1. The molecule has 0 aliphatic rings. The Morgan fingerprint density at radius 1 is 1.22 bits per heavy atom. The van der Waals surface area contributed by atoms with E-state index < -0.39 is 0 Å². The Bertz CT molecular complexity index is 586. The van der Waals surface area contributed by atoms with Crippen molar-refractivity contribution in [2.45, 2.75) is 12.5 Å². The van der Waals surface area contributed by atoms with Gasteiger partial charge in [-0.25, -0.2) is 0 Å². The monoisotopic (exact) mass is 353 g/mol. The van der Waals surface area contributed by atoms with Crippen molar-refractivity contribution >= 4 is 28.8 Å². The molecule has 0 saturated carbocycles. The molecule has 0 aliphatic carbocycles. The van der Waals surface area contributed by atoms with Crippen LogP contribution in [-0.2, 0) is 14.3 Å². The molecular weight excluding hydrogens is 334 g/mol. The number of amides is 1. The molecule has 1 N–H and O–H groups in total. The van der Waals surface area contributed by atoms with Gasteiger partial charge in [0, 0.05) is 23.4 Å². The highest BCUT2D eigenvalue weighted by atomic mass is 35.5. The average Bonchev–Trinajstić information content (AvgIpc) is 3.07. The summed E-state index contributed by atoms with van der Waals surface area (Å²) in [7, 11) is 1.62. The molecule has 1 aromatic carbocycles. The minimum atomic E-state index is -0.168. The molecule has 0 radical (unpaired) electrons. The molecule has 6 heteroatoms. The number of rotatable bonds is 9. The summed E-state index contributed by atoms with van der Waals surface area (Å²) in [5.74, 6) is -0.0456. The second-order valence-electron chi connectivity index (χ2n) is 4.92. The van der Waals surface area contributed by atoms with Crippen molar-refractivity contribution < 1.29 is 14.3 Å². The molecule has 2 aromatic rings. The summed E-state index contributed by atoms with van der Waals surface area (Å²) in [6.07, 6.45) is 0.319. The Morgan fingerprint density at radius 3 is 2.65 bits per heavy atom. The van der Waals surface area contributed by atoms with Crippen LogP contribution < -0.4 is 5.32 Å². The van der Waals surface area contributed by atoms with Crippen LogP contribution in [0.4, 0.5) is 0 Å². The SMILES string of the molecule is COCCOCCC(=O)NC(c1ccc(Cl)cc1)c1cccs1. The first kappa shape index (κ1) is 17.9. The van der Waals surface area contributed by atoms with Crippen molar-refractivity contribution in [3.05, 3.63) is 57.2 Å². The number of carbonyl (C=O) groups is 1. The predicted molar refractivity (Wildman–Crippen MR) is 93.1 cm³/mol. The molecule has 1 aromatic heterocycles. The molecule has 0 bridgehead atoms. The van der Waals surface area contributed by atoms with Gasteiger partial charge in [0.05, 0.1) is 25.9 Å². The largest absolute Gasteiger partial charge is 0.382 e. The fourth-order valence-corrected chi connectivity index (χ4v) is 3.00. The molecule has 1 heterocycles. The van der Waals surface area contributed by atoms with Crippen molar-refractivity contribution in [1.82, 2.24) is 5.32 Å². The van der Waals surface area contributed by atoms with Gasteiger partial charge in [0.1, 0.15) is 0 Å². The van der Waals surface area contributed by atoms with E-state index in [9.17, 15) is 4.79 Å². The fraction of sp³-hybridized carbons (Fsp3) is 0.353. The first-order valence-corrected chi connectivity index (χ1v) is 8.61. The van der Waals surface area contributed by atoms with Crippen molar-refractivity contribution in [2.75, 3.05) is 26.9 Å².